The standard InChI is InChI=1S/C35H24N4/c1-2-38-28-16-7-5-13-24(28)25-18-19-30-32(34(25)38)26-14-6-8-17-29(26)39(30)35-36-27-15-9-11-22-20-21-10-3-4-12-23(21)33(37-35)31(22)27/h3-19H,2,20H2,1H3. The lowest BCUT2D eigenvalue weighted by molar-refractivity contribution is 0.829. The fourth-order valence-corrected chi connectivity index (χ4v) is 6.94. The maximum atomic E-state index is 5.33. The van der Waals surface area contributed by atoms with Gasteiger partial charge in [0.1, 0.15) is 0 Å². The Morgan fingerprint density at radius 2 is 1.38 bits per heavy atom. The quantitative estimate of drug-likeness (QED) is 0.239. The second kappa shape index (κ2) is 7.55. The minimum Gasteiger partial charge on any atom is -0.340 e. The van der Waals surface area contributed by atoms with Gasteiger partial charge in [0.2, 0.25) is 5.95 Å². The number of aromatic nitrogens is 4. The summed E-state index contributed by atoms with van der Waals surface area (Å²) in [6.07, 6.45) is 0.915. The third-order valence-corrected chi connectivity index (χ3v) is 8.53. The molecule has 0 saturated carbocycles. The summed E-state index contributed by atoms with van der Waals surface area (Å²) in [5.41, 5.74) is 10.7. The van der Waals surface area contributed by atoms with Gasteiger partial charge in [0, 0.05) is 44.6 Å². The fourth-order valence-electron chi connectivity index (χ4n) is 6.94. The Bertz CT molecular complexity index is 2300. The Morgan fingerprint density at radius 3 is 2.28 bits per heavy atom. The molecule has 0 unspecified atom stereocenters. The van der Waals surface area contributed by atoms with E-state index >= 15 is 0 Å². The minimum absolute atomic E-state index is 0.719. The van der Waals surface area contributed by atoms with Gasteiger partial charge >= 0.3 is 0 Å². The Hall–Kier alpha value is -4.96. The van der Waals surface area contributed by atoms with Crippen molar-refractivity contribution >= 4 is 54.5 Å². The van der Waals surface area contributed by atoms with Gasteiger partial charge in [-0.15, -0.1) is 0 Å². The molecule has 0 amide bonds. The Balaban J connectivity index is 1.46. The van der Waals surface area contributed by atoms with E-state index < -0.39 is 0 Å². The summed E-state index contributed by atoms with van der Waals surface area (Å²) in [6, 6.07) is 37.1. The summed E-state index contributed by atoms with van der Waals surface area (Å²) in [4.78, 5) is 10.5. The largest absolute Gasteiger partial charge is 0.340 e. The van der Waals surface area contributed by atoms with Crippen molar-refractivity contribution in [2.75, 3.05) is 0 Å². The van der Waals surface area contributed by atoms with Crippen LogP contribution in [0.4, 0.5) is 0 Å². The van der Waals surface area contributed by atoms with Crippen LogP contribution in [0.25, 0.3) is 71.7 Å². The van der Waals surface area contributed by atoms with Crippen molar-refractivity contribution in [3.8, 4) is 17.2 Å². The summed E-state index contributed by atoms with van der Waals surface area (Å²) >= 11 is 0. The minimum atomic E-state index is 0.719. The van der Waals surface area contributed by atoms with E-state index in [0.29, 0.717) is 0 Å². The molecule has 4 heteroatoms. The predicted octanol–water partition coefficient (Wildman–Crippen LogP) is 8.43. The lowest BCUT2D eigenvalue weighted by atomic mass is 9.88. The van der Waals surface area contributed by atoms with Crippen LogP contribution in [0, 0.1) is 0 Å². The van der Waals surface area contributed by atoms with Crippen molar-refractivity contribution in [1.29, 1.82) is 0 Å². The van der Waals surface area contributed by atoms with Crippen LogP contribution in [0.15, 0.2) is 103 Å². The van der Waals surface area contributed by atoms with E-state index in [1.54, 1.807) is 0 Å². The van der Waals surface area contributed by atoms with Gasteiger partial charge in [-0.05, 0) is 48.7 Å². The molecule has 9 rings (SSSR count). The second-order valence-electron chi connectivity index (χ2n) is 10.5. The average molecular weight is 501 g/mol. The molecule has 3 heterocycles. The zero-order valence-corrected chi connectivity index (χ0v) is 21.5. The number of hydrogen-bond acceptors (Lipinski definition) is 2. The number of benzene rings is 5. The number of rotatable bonds is 2. The van der Waals surface area contributed by atoms with E-state index in [9.17, 15) is 0 Å². The highest BCUT2D eigenvalue weighted by molar-refractivity contribution is 6.25. The first-order valence-electron chi connectivity index (χ1n) is 13.6. The number of aryl methyl sites for hydroxylation is 1. The number of nitrogens with zero attached hydrogens (tertiary/aromatic N) is 4. The van der Waals surface area contributed by atoms with Gasteiger partial charge in [0.05, 0.1) is 27.8 Å². The lowest BCUT2D eigenvalue weighted by Gasteiger charge is -2.20. The van der Waals surface area contributed by atoms with E-state index in [4.69, 9.17) is 9.97 Å². The third-order valence-electron chi connectivity index (χ3n) is 8.53. The smallest absolute Gasteiger partial charge is 0.235 e. The molecule has 184 valence electrons. The average Bonchev–Trinajstić information content (AvgIpc) is 3.49. The predicted molar refractivity (Wildman–Crippen MR) is 161 cm³/mol. The second-order valence-corrected chi connectivity index (χ2v) is 10.5. The summed E-state index contributed by atoms with van der Waals surface area (Å²) in [5, 5.41) is 6.24. The van der Waals surface area contributed by atoms with Crippen molar-refractivity contribution in [1.82, 2.24) is 19.1 Å². The molecule has 5 aromatic carbocycles. The first-order chi connectivity index (χ1) is 19.3. The normalized spacial score (nSPS) is 12.7. The Morgan fingerprint density at radius 1 is 0.615 bits per heavy atom. The zero-order chi connectivity index (χ0) is 25.7. The summed E-state index contributed by atoms with van der Waals surface area (Å²) in [6.45, 7) is 3.13. The van der Waals surface area contributed by atoms with Crippen molar-refractivity contribution < 1.29 is 0 Å². The van der Waals surface area contributed by atoms with Crippen LogP contribution >= 0.6 is 0 Å². The summed E-state index contributed by atoms with van der Waals surface area (Å²) < 4.78 is 4.72. The highest BCUT2D eigenvalue weighted by Crippen LogP contribution is 2.42. The molecular weight excluding hydrogens is 476 g/mol. The monoisotopic (exact) mass is 500 g/mol. The Kier molecular flexibility index (Phi) is 4.07. The van der Waals surface area contributed by atoms with Gasteiger partial charge in [-0.2, -0.15) is 0 Å². The van der Waals surface area contributed by atoms with Crippen LogP contribution in [0.3, 0.4) is 0 Å². The van der Waals surface area contributed by atoms with Gasteiger partial charge in [-0.1, -0.05) is 78.9 Å². The van der Waals surface area contributed by atoms with Crippen molar-refractivity contribution in [3.05, 3.63) is 114 Å². The van der Waals surface area contributed by atoms with Crippen LogP contribution in [-0.4, -0.2) is 19.1 Å². The van der Waals surface area contributed by atoms with Crippen molar-refractivity contribution in [2.24, 2.45) is 0 Å². The molecule has 0 atom stereocenters. The molecule has 0 N–H and O–H groups in total. The van der Waals surface area contributed by atoms with E-state index in [1.807, 2.05) is 0 Å². The molecular formula is C35H24N4. The molecule has 3 aromatic heterocycles. The van der Waals surface area contributed by atoms with Gasteiger partial charge in [0.15, 0.2) is 0 Å². The molecule has 0 saturated heterocycles. The molecule has 4 nitrogen and oxygen atoms in total. The van der Waals surface area contributed by atoms with Gasteiger partial charge in [0.25, 0.3) is 0 Å². The van der Waals surface area contributed by atoms with E-state index in [0.717, 1.165) is 41.2 Å². The van der Waals surface area contributed by atoms with E-state index in [-0.39, 0.29) is 0 Å². The van der Waals surface area contributed by atoms with Gasteiger partial charge in [-0.25, -0.2) is 9.97 Å². The zero-order valence-electron chi connectivity index (χ0n) is 21.5. The topological polar surface area (TPSA) is 35.6 Å². The molecule has 0 fully saturated rings. The van der Waals surface area contributed by atoms with Crippen molar-refractivity contribution in [2.45, 2.75) is 19.9 Å². The third kappa shape index (κ3) is 2.68. The van der Waals surface area contributed by atoms with Crippen LogP contribution in [-0.2, 0) is 13.0 Å². The first-order valence-corrected chi connectivity index (χ1v) is 13.6. The first kappa shape index (κ1) is 21.0. The van der Waals surface area contributed by atoms with Gasteiger partial charge < -0.3 is 4.57 Å². The van der Waals surface area contributed by atoms with E-state index in [2.05, 4.69) is 119 Å². The molecule has 0 bridgehead atoms. The van der Waals surface area contributed by atoms with E-state index in [1.165, 1.54) is 54.7 Å². The van der Waals surface area contributed by atoms with Crippen LogP contribution in [0.2, 0.25) is 0 Å². The highest BCUT2D eigenvalue weighted by atomic mass is 15.2. The number of fused-ring (bicyclic) bond motifs is 9. The van der Waals surface area contributed by atoms with Gasteiger partial charge in [-0.3, -0.25) is 4.57 Å². The summed E-state index contributed by atoms with van der Waals surface area (Å²) in [7, 11) is 0. The molecule has 1 aliphatic rings. The molecule has 0 radical (unpaired) electrons. The molecule has 0 aliphatic heterocycles. The molecule has 8 aromatic rings. The molecule has 39 heavy (non-hydrogen) atoms. The number of para-hydroxylation sites is 2. The van der Waals surface area contributed by atoms with Crippen LogP contribution in [0.5, 0.6) is 0 Å². The highest BCUT2D eigenvalue weighted by Gasteiger charge is 2.24. The molecule has 0 spiro atoms. The SMILES string of the molecule is CCn1c2ccccc2c2ccc3c(c4ccccc4n3-c3nc4c5c(cccc5n3)Cc3ccccc3-4)c21. The lowest BCUT2D eigenvalue weighted by Crippen LogP contribution is -2.08. The molecule has 1 aliphatic carbocycles. The Labute approximate surface area is 224 Å². The van der Waals surface area contributed by atoms with Crippen LogP contribution < -0.4 is 0 Å². The summed E-state index contributed by atoms with van der Waals surface area (Å²) in [5.74, 6) is 0.719. The maximum absolute atomic E-state index is 5.33. The van der Waals surface area contributed by atoms with Crippen molar-refractivity contribution in [3.63, 3.8) is 0 Å². The number of hydrogen-bond donors (Lipinski definition) is 0. The maximum Gasteiger partial charge on any atom is 0.235 e. The fraction of sp³-hybridized carbons (Fsp3) is 0.0857. The van der Waals surface area contributed by atoms with Crippen LogP contribution in [0.1, 0.15) is 18.1 Å².